The molecule has 1 amide bonds. The Morgan fingerprint density at radius 3 is 2.30 bits per heavy atom. The topological polar surface area (TPSA) is 72.9 Å². The summed E-state index contributed by atoms with van der Waals surface area (Å²) in [6, 6.07) is 19.1. The third kappa shape index (κ3) is 5.94. The number of para-hydroxylation sites is 1. The number of sulfonamides is 1. The summed E-state index contributed by atoms with van der Waals surface area (Å²) in [7, 11) is -2.71. The highest BCUT2D eigenvalue weighted by atomic mass is 35.5. The first-order valence-electron chi connectivity index (χ1n) is 10.3. The van der Waals surface area contributed by atoms with E-state index in [9.17, 15) is 13.2 Å². The number of nitrogens with zero attached hydrogens (tertiary/aromatic N) is 1. The Balaban J connectivity index is 2.01. The molecule has 0 heterocycles. The molecule has 0 aliphatic heterocycles. The van der Waals surface area contributed by atoms with Crippen LogP contribution in [0.3, 0.4) is 0 Å². The molecule has 6 nitrogen and oxygen atoms in total. The van der Waals surface area contributed by atoms with Gasteiger partial charge in [-0.1, -0.05) is 36.7 Å². The standard InChI is InChI=1S/C25H24ClNO5S/c1-3-18-32-24-7-5-4-6-19(24)8-17-25(28)27(21-11-13-22(31-2)14-12-21)33(29,30)23-15-9-20(26)10-16-23/h4-17H,3,18H2,1-2H3/b17-8+. The zero-order chi connectivity index (χ0) is 23.8. The summed E-state index contributed by atoms with van der Waals surface area (Å²) in [5, 5.41) is 0.389. The van der Waals surface area contributed by atoms with Gasteiger partial charge in [0.05, 0.1) is 24.3 Å². The summed E-state index contributed by atoms with van der Waals surface area (Å²) in [6.45, 7) is 2.53. The first-order chi connectivity index (χ1) is 15.9. The zero-order valence-corrected chi connectivity index (χ0v) is 19.8. The van der Waals surface area contributed by atoms with Crippen LogP contribution in [0, 0.1) is 0 Å². The minimum absolute atomic E-state index is 0.0591. The number of halogens is 1. The van der Waals surface area contributed by atoms with E-state index in [1.54, 1.807) is 30.3 Å². The van der Waals surface area contributed by atoms with Crippen LogP contribution in [0.15, 0.2) is 83.8 Å². The van der Waals surface area contributed by atoms with Crippen molar-refractivity contribution in [2.24, 2.45) is 0 Å². The van der Waals surface area contributed by atoms with E-state index in [1.807, 2.05) is 19.1 Å². The number of rotatable bonds is 9. The molecule has 0 unspecified atom stereocenters. The summed E-state index contributed by atoms with van der Waals surface area (Å²) in [4.78, 5) is 13.2. The lowest BCUT2D eigenvalue weighted by Crippen LogP contribution is -2.35. The Labute approximate surface area is 199 Å². The monoisotopic (exact) mass is 485 g/mol. The van der Waals surface area contributed by atoms with E-state index in [4.69, 9.17) is 21.1 Å². The largest absolute Gasteiger partial charge is 0.497 e. The van der Waals surface area contributed by atoms with Gasteiger partial charge in [-0.3, -0.25) is 4.79 Å². The number of carbonyl (C=O) groups is 1. The van der Waals surface area contributed by atoms with Crippen LogP contribution < -0.4 is 13.8 Å². The molecule has 0 spiro atoms. The molecule has 3 aromatic rings. The zero-order valence-electron chi connectivity index (χ0n) is 18.3. The fourth-order valence-corrected chi connectivity index (χ4v) is 4.52. The normalized spacial score (nSPS) is 11.4. The third-order valence-corrected chi connectivity index (χ3v) is 6.64. The van der Waals surface area contributed by atoms with E-state index in [2.05, 4.69) is 0 Å². The molecule has 0 aliphatic rings. The van der Waals surface area contributed by atoms with Gasteiger partial charge in [0.2, 0.25) is 0 Å². The van der Waals surface area contributed by atoms with E-state index in [0.717, 1.165) is 10.7 Å². The van der Waals surface area contributed by atoms with E-state index in [0.29, 0.717) is 28.7 Å². The Morgan fingerprint density at radius 1 is 1.00 bits per heavy atom. The number of amides is 1. The van der Waals surface area contributed by atoms with E-state index >= 15 is 0 Å². The summed E-state index contributed by atoms with van der Waals surface area (Å²) < 4.78 is 38.5. The predicted octanol–water partition coefficient (Wildman–Crippen LogP) is 5.57. The molecule has 0 aromatic heterocycles. The minimum Gasteiger partial charge on any atom is -0.497 e. The van der Waals surface area contributed by atoms with Crippen LogP contribution in [-0.4, -0.2) is 28.0 Å². The maximum Gasteiger partial charge on any atom is 0.271 e. The van der Waals surface area contributed by atoms with E-state index in [1.165, 1.54) is 49.6 Å². The van der Waals surface area contributed by atoms with Gasteiger partial charge in [-0.25, -0.2) is 8.42 Å². The molecule has 0 N–H and O–H groups in total. The van der Waals surface area contributed by atoms with Gasteiger partial charge in [-0.15, -0.1) is 0 Å². The van der Waals surface area contributed by atoms with Crippen molar-refractivity contribution in [1.82, 2.24) is 0 Å². The van der Waals surface area contributed by atoms with Crippen molar-refractivity contribution in [2.45, 2.75) is 18.2 Å². The third-order valence-electron chi connectivity index (χ3n) is 4.65. The lowest BCUT2D eigenvalue weighted by Gasteiger charge is -2.21. The lowest BCUT2D eigenvalue weighted by atomic mass is 10.2. The number of carbonyl (C=O) groups excluding carboxylic acids is 1. The lowest BCUT2D eigenvalue weighted by molar-refractivity contribution is -0.113. The van der Waals surface area contributed by atoms with Crippen molar-refractivity contribution in [3.8, 4) is 11.5 Å². The van der Waals surface area contributed by atoms with Gasteiger partial charge < -0.3 is 9.47 Å². The smallest absolute Gasteiger partial charge is 0.271 e. The molecule has 3 rings (SSSR count). The second kappa shape index (κ2) is 11.0. The van der Waals surface area contributed by atoms with E-state index in [-0.39, 0.29) is 10.6 Å². The Bertz CT molecular complexity index is 1220. The molecular formula is C25H24ClNO5S. The van der Waals surface area contributed by atoms with Crippen LogP contribution in [0.2, 0.25) is 5.02 Å². The summed E-state index contributed by atoms with van der Waals surface area (Å²) in [5.41, 5.74) is 0.841. The van der Waals surface area contributed by atoms with Crippen molar-refractivity contribution in [3.05, 3.63) is 89.5 Å². The van der Waals surface area contributed by atoms with Gasteiger partial charge >= 0.3 is 0 Å². The molecule has 0 saturated heterocycles. The van der Waals surface area contributed by atoms with Gasteiger partial charge in [-0.05, 0) is 67.1 Å². The Hall–Kier alpha value is -3.29. The van der Waals surface area contributed by atoms with Crippen molar-refractivity contribution in [3.63, 3.8) is 0 Å². The van der Waals surface area contributed by atoms with Crippen molar-refractivity contribution in [1.29, 1.82) is 0 Å². The molecule has 33 heavy (non-hydrogen) atoms. The quantitative estimate of drug-likeness (QED) is 0.370. The highest BCUT2D eigenvalue weighted by molar-refractivity contribution is 7.93. The van der Waals surface area contributed by atoms with Gasteiger partial charge in [0, 0.05) is 16.7 Å². The maximum absolute atomic E-state index is 13.4. The van der Waals surface area contributed by atoms with Crippen molar-refractivity contribution >= 4 is 39.3 Å². The fourth-order valence-electron chi connectivity index (χ4n) is 3.00. The first kappa shape index (κ1) is 24.4. The molecule has 172 valence electrons. The van der Waals surface area contributed by atoms with Crippen molar-refractivity contribution in [2.75, 3.05) is 18.0 Å². The molecule has 0 aliphatic carbocycles. The number of hydrogen-bond acceptors (Lipinski definition) is 5. The van der Waals surface area contributed by atoms with Crippen LogP contribution in [0.1, 0.15) is 18.9 Å². The number of methoxy groups -OCH3 is 1. The SMILES string of the molecule is CCCOc1ccccc1/C=C/C(=O)N(c1ccc(OC)cc1)S(=O)(=O)c1ccc(Cl)cc1. The van der Waals surface area contributed by atoms with Gasteiger partial charge in [-0.2, -0.15) is 4.31 Å². The molecule has 0 bridgehead atoms. The maximum atomic E-state index is 13.4. The molecule has 8 heteroatoms. The molecule has 0 fully saturated rings. The molecule has 0 saturated carbocycles. The average Bonchev–Trinajstić information content (AvgIpc) is 2.82. The molecular weight excluding hydrogens is 462 g/mol. The second-order valence-electron chi connectivity index (χ2n) is 6.98. The minimum atomic E-state index is -4.22. The number of anilines is 1. The first-order valence-corrected chi connectivity index (χ1v) is 12.1. The van der Waals surface area contributed by atoms with Crippen molar-refractivity contribution < 1.29 is 22.7 Å². The van der Waals surface area contributed by atoms with Crippen LogP contribution in [0.25, 0.3) is 6.08 Å². The Kier molecular flexibility index (Phi) is 8.14. The van der Waals surface area contributed by atoms with Gasteiger partial charge in [0.1, 0.15) is 11.5 Å². The van der Waals surface area contributed by atoms with Gasteiger partial charge in [0.25, 0.3) is 15.9 Å². The van der Waals surface area contributed by atoms with Gasteiger partial charge in [0.15, 0.2) is 0 Å². The summed E-state index contributed by atoms with van der Waals surface area (Å²) in [5.74, 6) is 0.410. The van der Waals surface area contributed by atoms with Crippen LogP contribution in [0.5, 0.6) is 11.5 Å². The highest BCUT2D eigenvalue weighted by Crippen LogP contribution is 2.28. The molecule has 0 atom stereocenters. The van der Waals surface area contributed by atoms with Crippen LogP contribution >= 0.6 is 11.6 Å². The average molecular weight is 486 g/mol. The van der Waals surface area contributed by atoms with Crippen LogP contribution in [0.4, 0.5) is 5.69 Å². The van der Waals surface area contributed by atoms with Crippen LogP contribution in [-0.2, 0) is 14.8 Å². The predicted molar refractivity (Wildman–Crippen MR) is 130 cm³/mol. The molecule has 3 aromatic carbocycles. The fraction of sp³-hybridized carbons (Fsp3) is 0.160. The highest BCUT2D eigenvalue weighted by Gasteiger charge is 2.30. The number of ether oxygens (including phenoxy) is 2. The number of hydrogen-bond donors (Lipinski definition) is 0. The van der Waals surface area contributed by atoms with E-state index < -0.39 is 15.9 Å². The summed E-state index contributed by atoms with van der Waals surface area (Å²) >= 11 is 5.91. The molecule has 0 radical (unpaired) electrons. The second-order valence-corrected chi connectivity index (χ2v) is 9.20. The summed E-state index contributed by atoms with van der Waals surface area (Å²) in [6.07, 6.45) is 3.59. The Morgan fingerprint density at radius 2 is 1.67 bits per heavy atom. The number of benzene rings is 3.